The van der Waals surface area contributed by atoms with Crippen LogP contribution in [0, 0.1) is 11.8 Å². The zero-order chi connectivity index (χ0) is 9.35. The second kappa shape index (κ2) is 3.32. The van der Waals surface area contributed by atoms with Gasteiger partial charge in [-0.3, -0.25) is 0 Å². The lowest BCUT2D eigenvalue weighted by Gasteiger charge is -2.37. The molecular formula is C9H18O3. The third-order valence-corrected chi connectivity index (χ3v) is 2.89. The van der Waals surface area contributed by atoms with Crippen LogP contribution in [0.25, 0.3) is 0 Å². The highest BCUT2D eigenvalue weighted by molar-refractivity contribution is 4.85. The van der Waals surface area contributed by atoms with Gasteiger partial charge in [0.05, 0.1) is 0 Å². The monoisotopic (exact) mass is 174 g/mol. The van der Waals surface area contributed by atoms with Crippen molar-refractivity contribution in [2.75, 3.05) is 0 Å². The molecule has 3 N–H and O–H groups in total. The van der Waals surface area contributed by atoms with Crippen molar-refractivity contribution in [1.29, 1.82) is 0 Å². The third-order valence-electron chi connectivity index (χ3n) is 2.89. The topological polar surface area (TPSA) is 60.7 Å². The number of aliphatic hydroxyl groups is 3. The molecule has 0 aromatic rings. The molecule has 0 spiro atoms. The number of hydrogen-bond acceptors (Lipinski definition) is 3. The van der Waals surface area contributed by atoms with Gasteiger partial charge in [0.15, 0.2) is 5.79 Å². The Bertz CT molecular complexity index is 154. The van der Waals surface area contributed by atoms with E-state index in [1.165, 1.54) is 0 Å². The average Bonchev–Trinajstić information content (AvgIpc) is 1.94. The molecule has 1 saturated carbocycles. The molecule has 0 radical (unpaired) electrons. The normalized spacial score (nSPS) is 35.5. The second-order valence-electron chi connectivity index (χ2n) is 4.17. The Labute approximate surface area is 73.0 Å². The standard InChI is InChI=1S/C9H18O3/c1-6(2)7-3-4-9(11,12)8(10)5-7/h6-8,10-12H,3-5H2,1-2H3. The zero-order valence-electron chi connectivity index (χ0n) is 7.70. The lowest BCUT2D eigenvalue weighted by Crippen LogP contribution is -2.47. The molecule has 1 rings (SSSR count). The molecule has 0 aliphatic heterocycles. The highest BCUT2D eigenvalue weighted by Crippen LogP contribution is 2.34. The molecule has 3 nitrogen and oxygen atoms in total. The fourth-order valence-electron chi connectivity index (χ4n) is 1.76. The molecule has 0 aromatic heterocycles. The van der Waals surface area contributed by atoms with Gasteiger partial charge in [-0.25, -0.2) is 0 Å². The first-order valence-corrected chi connectivity index (χ1v) is 4.56. The lowest BCUT2D eigenvalue weighted by molar-refractivity contribution is -0.248. The molecule has 3 heteroatoms. The predicted molar refractivity (Wildman–Crippen MR) is 45.4 cm³/mol. The van der Waals surface area contributed by atoms with Crippen molar-refractivity contribution in [3.63, 3.8) is 0 Å². The summed E-state index contributed by atoms with van der Waals surface area (Å²) in [4.78, 5) is 0. The highest BCUT2D eigenvalue weighted by Gasteiger charge is 2.39. The van der Waals surface area contributed by atoms with E-state index >= 15 is 0 Å². The van der Waals surface area contributed by atoms with Gasteiger partial charge in [0.25, 0.3) is 0 Å². The molecule has 0 heterocycles. The van der Waals surface area contributed by atoms with Crippen molar-refractivity contribution < 1.29 is 15.3 Å². The van der Waals surface area contributed by atoms with E-state index in [4.69, 9.17) is 0 Å². The van der Waals surface area contributed by atoms with Gasteiger partial charge in [-0.05, 0) is 24.7 Å². The van der Waals surface area contributed by atoms with Crippen molar-refractivity contribution in [1.82, 2.24) is 0 Å². The predicted octanol–water partition coefficient (Wildman–Crippen LogP) is 0.484. The summed E-state index contributed by atoms with van der Waals surface area (Å²) in [6.45, 7) is 4.19. The van der Waals surface area contributed by atoms with E-state index in [2.05, 4.69) is 13.8 Å². The van der Waals surface area contributed by atoms with E-state index in [-0.39, 0.29) is 6.42 Å². The molecule has 12 heavy (non-hydrogen) atoms. The number of aliphatic hydroxyl groups excluding tert-OH is 1. The van der Waals surface area contributed by atoms with Gasteiger partial charge in [-0.2, -0.15) is 0 Å². The molecule has 0 amide bonds. The maximum atomic E-state index is 9.36. The van der Waals surface area contributed by atoms with Crippen LogP contribution in [0.4, 0.5) is 0 Å². The summed E-state index contributed by atoms with van der Waals surface area (Å²) in [5, 5.41) is 27.9. The fraction of sp³-hybridized carbons (Fsp3) is 1.00. The molecule has 0 saturated heterocycles. The van der Waals surface area contributed by atoms with Crippen molar-refractivity contribution in [2.24, 2.45) is 11.8 Å². The average molecular weight is 174 g/mol. The van der Waals surface area contributed by atoms with Gasteiger partial charge in [0, 0.05) is 6.42 Å². The summed E-state index contributed by atoms with van der Waals surface area (Å²) in [6.07, 6.45) is 0.613. The zero-order valence-corrected chi connectivity index (χ0v) is 7.70. The SMILES string of the molecule is CC(C)C1CCC(O)(O)C(O)C1. The van der Waals surface area contributed by atoms with Gasteiger partial charge in [0.2, 0.25) is 0 Å². The summed E-state index contributed by atoms with van der Waals surface area (Å²) in [7, 11) is 0. The first-order chi connectivity index (χ1) is 5.43. The van der Waals surface area contributed by atoms with Crippen LogP contribution >= 0.6 is 0 Å². The molecule has 1 aliphatic rings. The van der Waals surface area contributed by atoms with Crippen LogP contribution in [-0.2, 0) is 0 Å². The van der Waals surface area contributed by atoms with Crippen LogP contribution in [0.1, 0.15) is 33.1 Å². The third kappa shape index (κ3) is 1.97. The van der Waals surface area contributed by atoms with Gasteiger partial charge >= 0.3 is 0 Å². The Morgan fingerprint density at radius 1 is 1.33 bits per heavy atom. The highest BCUT2D eigenvalue weighted by atomic mass is 16.5. The van der Waals surface area contributed by atoms with Crippen molar-refractivity contribution >= 4 is 0 Å². The van der Waals surface area contributed by atoms with Gasteiger partial charge in [-0.15, -0.1) is 0 Å². The summed E-state index contributed by atoms with van der Waals surface area (Å²) < 4.78 is 0. The van der Waals surface area contributed by atoms with Crippen molar-refractivity contribution in [3.05, 3.63) is 0 Å². The molecule has 0 bridgehead atoms. The first-order valence-electron chi connectivity index (χ1n) is 4.56. The Morgan fingerprint density at radius 3 is 2.33 bits per heavy atom. The van der Waals surface area contributed by atoms with Crippen LogP contribution in [0.15, 0.2) is 0 Å². The smallest absolute Gasteiger partial charge is 0.189 e. The Morgan fingerprint density at radius 2 is 1.92 bits per heavy atom. The van der Waals surface area contributed by atoms with Gasteiger partial charge in [-0.1, -0.05) is 13.8 Å². The van der Waals surface area contributed by atoms with E-state index < -0.39 is 11.9 Å². The van der Waals surface area contributed by atoms with E-state index in [0.29, 0.717) is 18.3 Å². The maximum absolute atomic E-state index is 9.36. The molecular weight excluding hydrogens is 156 g/mol. The minimum atomic E-state index is -1.84. The largest absolute Gasteiger partial charge is 0.388 e. The van der Waals surface area contributed by atoms with E-state index in [1.807, 2.05) is 0 Å². The molecule has 1 fully saturated rings. The molecule has 72 valence electrons. The van der Waals surface area contributed by atoms with Crippen LogP contribution in [0.2, 0.25) is 0 Å². The second-order valence-corrected chi connectivity index (χ2v) is 4.17. The molecule has 2 unspecified atom stereocenters. The molecule has 0 aromatic carbocycles. The van der Waals surface area contributed by atoms with E-state index in [9.17, 15) is 15.3 Å². The van der Waals surface area contributed by atoms with Crippen LogP contribution in [0.5, 0.6) is 0 Å². The van der Waals surface area contributed by atoms with Gasteiger partial charge in [0.1, 0.15) is 6.10 Å². The minimum Gasteiger partial charge on any atom is -0.388 e. The fourth-order valence-corrected chi connectivity index (χ4v) is 1.76. The van der Waals surface area contributed by atoms with Crippen LogP contribution < -0.4 is 0 Å². The summed E-state index contributed by atoms with van der Waals surface area (Å²) >= 11 is 0. The first kappa shape index (κ1) is 9.96. The minimum absolute atomic E-state index is 0.289. The van der Waals surface area contributed by atoms with E-state index in [0.717, 1.165) is 6.42 Å². The maximum Gasteiger partial charge on any atom is 0.189 e. The Balaban J connectivity index is 2.52. The Kier molecular flexibility index (Phi) is 2.76. The van der Waals surface area contributed by atoms with E-state index in [1.54, 1.807) is 0 Å². The Hall–Kier alpha value is -0.120. The summed E-state index contributed by atoms with van der Waals surface area (Å²) in [5.74, 6) is -0.908. The molecule has 2 atom stereocenters. The summed E-state index contributed by atoms with van der Waals surface area (Å²) in [5.41, 5.74) is 0. The number of hydrogen-bond donors (Lipinski definition) is 3. The van der Waals surface area contributed by atoms with Crippen molar-refractivity contribution in [2.45, 2.75) is 45.0 Å². The lowest BCUT2D eigenvalue weighted by atomic mass is 9.77. The van der Waals surface area contributed by atoms with Gasteiger partial charge < -0.3 is 15.3 Å². The quantitative estimate of drug-likeness (QED) is 0.507. The van der Waals surface area contributed by atoms with Crippen molar-refractivity contribution in [3.8, 4) is 0 Å². The molecule has 1 aliphatic carbocycles. The van der Waals surface area contributed by atoms with Crippen LogP contribution in [0.3, 0.4) is 0 Å². The summed E-state index contributed by atoms with van der Waals surface area (Å²) in [6, 6.07) is 0. The van der Waals surface area contributed by atoms with Crippen LogP contribution in [-0.4, -0.2) is 27.2 Å². The number of rotatable bonds is 1.